The van der Waals surface area contributed by atoms with Crippen LogP contribution in [0.2, 0.25) is 0 Å². The molecule has 7 nitrogen and oxygen atoms in total. The summed E-state index contributed by atoms with van der Waals surface area (Å²) in [7, 11) is 3.00. The number of benzene rings is 1. The topological polar surface area (TPSA) is 102 Å². The van der Waals surface area contributed by atoms with Crippen LogP contribution in [-0.2, 0) is 30.3 Å². The minimum Gasteiger partial charge on any atom is -0.364 e. The summed E-state index contributed by atoms with van der Waals surface area (Å²) in [5, 5.41) is 5.44. The normalized spacial score (nSPS) is 13.0. The molecule has 1 fully saturated rings. The van der Waals surface area contributed by atoms with Crippen LogP contribution in [0.3, 0.4) is 0 Å². The summed E-state index contributed by atoms with van der Waals surface area (Å²) in [5.41, 5.74) is 1.60. The Bertz CT molecular complexity index is 705. The van der Waals surface area contributed by atoms with Gasteiger partial charge in [-0.3, -0.25) is 19.2 Å². The lowest BCUT2D eigenvalue weighted by atomic mass is 10.1. The van der Waals surface area contributed by atoms with Crippen molar-refractivity contribution in [1.29, 1.82) is 0 Å². The molecule has 152 valence electrons. The fraction of sp³-hybridized carbons (Fsp3) is 0.474. The van der Waals surface area contributed by atoms with E-state index < -0.39 is 0 Å². The number of nitrogens with one attached hydrogen (secondary N) is 2. The molecule has 2 amide bonds. The minimum atomic E-state index is -0.322. The Morgan fingerprint density at radius 3 is 2.36 bits per heavy atom. The molecule has 1 aliphatic heterocycles. The zero-order valence-electron chi connectivity index (χ0n) is 15.7. The van der Waals surface area contributed by atoms with Crippen LogP contribution >= 0.6 is 21.6 Å². The van der Waals surface area contributed by atoms with E-state index in [-0.39, 0.29) is 41.2 Å². The van der Waals surface area contributed by atoms with Gasteiger partial charge in [0.25, 0.3) is 0 Å². The third-order valence-electron chi connectivity index (χ3n) is 3.93. The van der Waals surface area contributed by atoms with Crippen molar-refractivity contribution in [2.75, 3.05) is 25.1 Å². The van der Waals surface area contributed by atoms with Crippen molar-refractivity contribution in [3.63, 3.8) is 0 Å². The van der Waals surface area contributed by atoms with Gasteiger partial charge in [-0.15, -0.1) is 0 Å². The molecule has 1 heterocycles. The second kappa shape index (κ2) is 11.9. The molecule has 0 unspecified atom stereocenters. The Morgan fingerprint density at radius 1 is 1.00 bits per heavy atom. The van der Waals surface area contributed by atoms with Crippen molar-refractivity contribution in [2.24, 2.45) is 0 Å². The molecule has 2 rings (SSSR count). The van der Waals surface area contributed by atoms with Crippen LogP contribution in [0.1, 0.15) is 31.7 Å². The first-order valence-electron chi connectivity index (χ1n) is 9.07. The summed E-state index contributed by atoms with van der Waals surface area (Å²) in [6, 6.07) is 7.20. The van der Waals surface area contributed by atoms with Gasteiger partial charge in [-0.05, 0) is 24.1 Å². The van der Waals surface area contributed by atoms with E-state index in [1.165, 1.54) is 21.6 Å². The number of carbonyl (C=O) groups is 4. The quantitative estimate of drug-likeness (QED) is 0.370. The summed E-state index contributed by atoms with van der Waals surface area (Å²) in [4.78, 5) is 46.2. The molecule has 2 N–H and O–H groups in total. The fourth-order valence-electron chi connectivity index (χ4n) is 2.26. The van der Waals surface area contributed by atoms with Crippen molar-refractivity contribution >= 4 is 50.7 Å². The first-order valence-corrected chi connectivity index (χ1v) is 11.4. The second-order valence-corrected chi connectivity index (χ2v) is 9.00. The van der Waals surface area contributed by atoms with Gasteiger partial charge in [0.15, 0.2) is 5.78 Å². The van der Waals surface area contributed by atoms with Crippen molar-refractivity contribution < 1.29 is 23.9 Å². The molecule has 1 aromatic carbocycles. The maximum absolute atomic E-state index is 11.8. The van der Waals surface area contributed by atoms with Crippen LogP contribution in [0.15, 0.2) is 24.3 Å². The predicted octanol–water partition coefficient (Wildman–Crippen LogP) is 2.35. The van der Waals surface area contributed by atoms with Gasteiger partial charge in [0.05, 0.1) is 0 Å². The Labute approximate surface area is 172 Å². The van der Waals surface area contributed by atoms with E-state index in [2.05, 4.69) is 10.6 Å². The molecule has 1 aliphatic rings. The smallest absolute Gasteiger partial charge is 0.250 e. The highest BCUT2D eigenvalue weighted by Gasteiger charge is 2.32. The highest BCUT2D eigenvalue weighted by Crippen LogP contribution is 2.53. The summed E-state index contributed by atoms with van der Waals surface area (Å²) in [6.45, 7) is 1.96. The standard InChI is InChI=1S/C19H24N2O5S2/c1-2-15(22)9-10-20-17(24)8-5-13-3-6-14(7-4-13)21-18(25)12-26-11-16(23)19-27-28-19/h3-4,6-7,19H,2,5,8-12H2,1H3,(H,20,24)(H,21,25). The van der Waals surface area contributed by atoms with Crippen LogP contribution < -0.4 is 10.6 Å². The summed E-state index contributed by atoms with van der Waals surface area (Å²) in [5.74, 6) is -0.280. The van der Waals surface area contributed by atoms with E-state index >= 15 is 0 Å². The SMILES string of the molecule is CCC(=O)CCNC(=O)CCc1ccc(NC(=O)COCC(=O)C2SS2)cc1. The molecule has 0 aliphatic carbocycles. The maximum atomic E-state index is 11.8. The number of ether oxygens (including phenoxy) is 1. The Kier molecular flexibility index (Phi) is 9.52. The molecule has 1 aromatic rings. The summed E-state index contributed by atoms with van der Waals surface area (Å²) in [6.07, 6.45) is 1.77. The maximum Gasteiger partial charge on any atom is 0.250 e. The highest BCUT2D eigenvalue weighted by molar-refractivity contribution is 8.93. The highest BCUT2D eigenvalue weighted by atomic mass is 33.2. The van der Waals surface area contributed by atoms with E-state index in [9.17, 15) is 19.2 Å². The van der Waals surface area contributed by atoms with Gasteiger partial charge < -0.3 is 15.4 Å². The van der Waals surface area contributed by atoms with Gasteiger partial charge in [0.2, 0.25) is 11.8 Å². The number of hydrogen-bond donors (Lipinski definition) is 2. The van der Waals surface area contributed by atoms with Gasteiger partial charge in [0, 0.05) is 31.5 Å². The number of amides is 2. The number of anilines is 1. The Hall–Kier alpha value is -1.84. The monoisotopic (exact) mass is 424 g/mol. The van der Waals surface area contributed by atoms with Gasteiger partial charge in [0.1, 0.15) is 23.6 Å². The first-order chi connectivity index (χ1) is 13.5. The van der Waals surface area contributed by atoms with Gasteiger partial charge in [-0.2, -0.15) is 0 Å². The summed E-state index contributed by atoms with van der Waals surface area (Å²) < 4.78 is 5.09. The molecular weight excluding hydrogens is 400 g/mol. The lowest BCUT2D eigenvalue weighted by Crippen LogP contribution is -2.26. The molecular formula is C19H24N2O5S2. The molecule has 9 heteroatoms. The van der Waals surface area contributed by atoms with E-state index in [1.807, 2.05) is 12.1 Å². The average molecular weight is 425 g/mol. The second-order valence-electron chi connectivity index (χ2n) is 6.22. The lowest BCUT2D eigenvalue weighted by molar-refractivity contribution is -0.126. The molecule has 0 bridgehead atoms. The third kappa shape index (κ3) is 8.90. The predicted molar refractivity (Wildman–Crippen MR) is 111 cm³/mol. The average Bonchev–Trinajstić information content (AvgIpc) is 3.52. The molecule has 0 aromatic heterocycles. The van der Waals surface area contributed by atoms with Gasteiger partial charge in [-0.1, -0.05) is 40.6 Å². The number of hydrogen-bond acceptors (Lipinski definition) is 7. The molecule has 0 radical (unpaired) electrons. The lowest BCUT2D eigenvalue weighted by Gasteiger charge is -2.07. The van der Waals surface area contributed by atoms with Gasteiger partial charge in [-0.25, -0.2) is 0 Å². The molecule has 0 spiro atoms. The van der Waals surface area contributed by atoms with E-state index in [0.717, 1.165) is 5.56 Å². The number of ketones is 2. The van der Waals surface area contributed by atoms with Crippen molar-refractivity contribution in [3.8, 4) is 0 Å². The van der Waals surface area contributed by atoms with Crippen molar-refractivity contribution in [1.82, 2.24) is 5.32 Å². The fourth-order valence-corrected chi connectivity index (χ4v) is 3.48. The Balaban J connectivity index is 1.62. The van der Waals surface area contributed by atoms with E-state index in [1.54, 1.807) is 19.1 Å². The largest absolute Gasteiger partial charge is 0.364 e. The Morgan fingerprint density at radius 2 is 1.71 bits per heavy atom. The molecule has 28 heavy (non-hydrogen) atoms. The number of rotatable bonds is 13. The molecule has 0 atom stereocenters. The third-order valence-corrected chi connectivity index (χ3v) is 6.00. The first kappa shape index (κ1) is 22.4. The minimum absolute atomic E-state index is 0.00634. The molecule has 0 saturated carbocycles. The van der Waals surface area contributed by atoms with Crippen LogP contribution in [0.5, 0.6) is 0 Å². The zero-order valence-corrected chi connectivity index (χ0v) is 17.3. The van der Waals surface area contributed by atoms with Crippen LogP contribution in [-0.4, -0.2) is 47.7 Å². The number of carbonyl (C=O) groups excluding carboxylic acids is 4. The van der Waals surface area contributed by atoms with Crippen LogP contribution in [0.25, 0.3) is 0 Å². The van der Waals surface area contributed by atoms with Gasteiger partial charge >= 0.3 is 0 Å². The zero-order chi connectivity index (χ0) is 20.4. The van der Waals surface area contributed by atoms with Crippen molar-refractivity contribution in [2.45, 2.75) is 37.2 Å². The number of aryl methyl sites for hydroxylation is 1. The number of Topliss-reactive ketones (excluding diaryl/α,β-unsaturated/α-hetero) is 2. The molecule has 1 saturated heterocycles. The van der Waals surface area contributed by atoms with Crippen molar-refractivity contribution in [3.05, 3.63) is 29.8 Å². The van der Waals surface area contributed by atoms with E-state index in [4.69, 9.17) is 4.74 Å². The van der Waals surface area contributed by atoms with Crippen LogP contribution in [0.4, 0.5) is 5.69 Å². The summed E-state index contributed by atoms with van der Waals surface area (Å²) >= 11 is 0. The van der Waals surface area contributed by atoms with Crippen LogP contribution in [0, 0.1) is 0 Å². The van der Waals surface area contributed by atoms with E-state index in [0.29, 0.717) is 37.9 Å².